The third-order valence-electron chi connectivity index (χ3n) is 7.27. The molecular formula is C29H30F3N7O4S. The molecule has 2 aromatic carbocycles. The predicted molar refractivity (Wildman–Crippen MR) is 158 cm³/mol. The second-order valence-corrected chi connectivity index (χ2v) is 12.0. The minimum atomic E-state index is -4.82. The van der Waals surface area contributed by atoms with Crippen molar-refractivity contribution in [2.75, 3.05) is 43.0 Å². The lowest BCUT2D eigenvalue weighted by Crippen LogP contribution is -2.60. The van der Waals surface area contributed by atoms with Gasteiger partial charge in [0.15, 0.2) is 0 Å². The Morgan fingerprint density at radius 3 is 2.45 bits per heavy atom. The number of amides is 1. The summed E-state index contributed by atoms with van der Waals surface area (Å²) in [7, 11) is -2.20. The summed E-state index contributed by atoms with van der Waals surface area (Å²) in [5, 5.41) is 2.74. The first-order valence-electron chi connectivity index (χ1n) is 13.7. The summed E-state index contributed by atoms with van der Waals surface area (Å²) in [4.78, 5) is 30.5. The molecule has 1 aliphatic rings. The van der Waals surface area contributed by atoms with Gasteiger partial charge in [-0.05, 0) is 55.0 Å². The van der Waals surface area contributed by atoms with E-state index in [2.05, 4.69) is 25.0 Å². The number of piperazine rings is 1. The Kier molecular flexibility index (Phi) is 8.87. The number of nitrogens with one attached hydrogen (secondary N) is 1. The van der Waals surface area contributed by atoms with E-state index in [1.165, 1.54) is 28.6 Å². The number of fused-ring (bicyclic) bond motifs is 1. The first-order valence-corrected chi connectivity index (χ1v) is 15.2. The molecule has 5 rings (SSSR count). The maximum absolute atomic E-state index is 13.9. The Balaban J connectivity index is 1.39. The molecule has 0 radical (unpaired) electrons. The average molecular weight is 630 g/mol. The standard InChI is InChI=1S/C29H30F3N7O4S/c1-3-37(2)21-6-10-23(11-7-21)44(41,42)39-15-14-38(27-18-34-25-17-33-13-12-24(25)36-27)19-26(39)28(40)35-16-20-4-8-22(9-5-20)43-29(30,31)32/h4-13,17-18,26H,3,14-16,19H2,1-2H3,(H,35,40)/t26-/m1/s1. The van der Waals surface area contributed by atoms with Crippen molar-refractivity contribution in [1.82, 2.24) is 24.6 Å². The number of carbonyl (C=O) groups is 1. The topological polar surface area (TPSA) is 121 Å². The number of sulfonamides is 1. The van der Waals surface area contributed by atoms with Crippen LogP contribution in [0.15, 0.2) is 78.1 Å². The highest BCUT2D eigenvalue weighted by atomic mass is 32.2. The van der Waals surface area contributed by atoms with E-state index < -0.39 is 34.1 Å². The summed E-state index contributed by atoms with van der Waals surface area (Å²) < 4.78 is 70.3. The number of halogens is 3. The second kappa shape index (κ2) is 12.6. The summed E-state index contributed by atoms with van der Waals surface area (Å²) in [6, 6.07) is 12.1. The van der Waals surface area contributed by atoms with E-state index in [0.717, 1.165) is 24.4 Å². The van der Waals surface area contributed by atoms with E-state index in [1.54, 1.807) is 41.7 Å². The van der Waals surface area contributed by atoms with Crippen LogP contribution in [0.25, 0.3) is 11.0 Å². The molecule has 0 bridgehead atoms. The molecule has 0 spiro atoms. The van der Waals surface area contributed by atoms with Gasteiger partial charge in [0.25, 0.3) is 0 Å². The molecule has 1 fully saturated rings. The van der Waals surface area contributed by atoms with Crippen LogP contribution in [0.1, 0.15) is 12.5 Å². The number of alkyl halides is 3. The Labute approximate surface area is 252 Å². The molecule has 1 N–H and O–H groups in total. The van der Waals surface area contributed by atoms with Crippen LogP contribution in [0.5, 0.6) is 5.75 Å². The molecule has 44 heavy (non-hydrogen) atoms. The highest BCUT2D eigenvalue weighted by molar-refractivity contribution is 7.89. The van der Waals surface area contributed by atoms with Crippen LogP contribution >= 0.6 is 0 Å². The number of anilines is 2. The quantitative estimate of drug-likeness (QED) is 0.296. The van der Waals surface area contributed by atoms with Crippen molar-refractivity contribution < 1.29 is 31.1 Å². The minimum absolute atomic E-state index is 0.00340. The van der Waals surface area contributed by atoms with Crippen LogP contribution in [-0.4, -0.2) is 79.2 Å². The minimum Gasteiger partial charge on any atom is -0.406 e. The average Bonchev–Trinajstić information content (AvgIpc) is 3.02. The largest absolute Gasteiger partial charge is 0.573 e. The van der Waals surface area contributed by atoms with Gasteiger partial charge in [0.2, 0.25) is 15.9 Å². The lowest BCUT2D eigenvalue weighted by Gasteiger charge is -2.40. The molecule has 0 aliphatic carbocycles. The van der Waals surface area contributed by atoms with Gasteiger partial charge in [0.05, 0.1) is 22.8 Å². The van der Waals surface area contributed by atoms with Crippen LogP contribution in [-0.2, 0) is 21.4 Å². The molecule has 1 atom stereocenters. The normalized spacial score (nSPS) is 16.1. The molecule has 0 unspecified atom stereocenters. The number of carbonyl (C=O) groups excluding carboxylic acids is 1. The van der Waals surface area contributed by atoms with Gasteiger partial charge in [0.1, 0.15) is 23.1 Å². The Morgan fingerprint density at radius 1 is 1.05 bits per heavy atom. The van der Waals surface area contributed by atoms with Crippen LogP contribution in [0, 0.1) is 0 Å². The SMILES string of the molecule is CCN(C)c1ccc(S(=O)(=O)N2CCN(c3cnc4cnccc4n3)C[C@@H]2C(=O)NCc2ccc(OC(F)(F)F)cc2)cc1. The van der Waals surface area contributed by atoms with Crippen LogP contribution < -0.4 is 19.9 Å². The van der Waals surface area contributed by atoms with Gasteiger partial charge < -0.3 is 19.9 Å². The number of ether oxygens (including phenoxy) is 1. The fourth-order valence-corrected chi connectivity index (χ4v) is 6.36. The van der Waals surface area contributed by atoms with E-state index in [9.17, 15) is 26.4 Å². The zero-order valence-electron chi connectivity index (χ0n) is 23.9. The van der Waals surface area contributed by atoms with Gasteiger partial charge in [-0.2, -0.15) is 4.31 Å². The number of pyridine rings is 1. The zero-order valence-corrected chi connectivity index (χ0v) is 24.7. The van der Waals surface area contributed by atoms with Crippen molar-refractivity contribution in [2.45, 2.75) is 30.8 Å². The summed E-state index contributed by atoms with van der Waals surface area (Å²) in [5.74, 6) is -0.490. The Hall–Kier alpha value is -4.50. The number of aromatic nitrogens is 3. The van der Waals surface area contributed by atoms with Crippen molar-refractivity contribution >= 4 is 38.5 Å². The summed E-state index contributed by atoms with van der Waals surface area (Å²) in [6.45, 7) is 2.92. The van der Waals surface area contributed by atoms with E-state index in [1.807, 2.05) is 18.9 Å². The number of hydrogen-bond donors (Lipinski definition) is 1. The molecular weight excluding hydrogens is 599 g/mol. The summed E-state index contributed by atoms with van der Waals surface area (Å²) in [6.07, 6.45) is -0.0994. The lowest BCUT2D eigenvalue weighted by molar-refractivity contribution is -0.274. The molecule has 2 aromatic heterocycles. The number of hydrogen-bond acceptors (Lipinski definition) is 9. The van der Waals surface area contributed by atoms with E-state index >= 15 is 0 Å². The Bertz CT molecular complexity index is 1720. The summed E-state index contributed by atoms with van der Waals surface area (Å²) >= 11 is 0. The molecule has 3 heterocycles. The third kappa shape index (κ3) is 7.00. The first kappa shape index (κ1) is 30.9. The number of nitrogens with zero attached hydrogens (tertiary/aromatic N) is 6. The molecule has 232 valence electrons. The van der Waals surface area contributed by atoms with Crippen LogP contribution in [0.4, 0.5) is 24.7 Å². The third-order valence-corrected chi connectivity index (χ3v) is 9.19. The smallest absolute Gasteiger partial charge is 0.406 e. The van der Waals surface area contributed by atoms with Gasteiger partial charge >= 0.3 is 6.36 Å². The van der Waals surface area contributed by atoms with Crippen LogP contribution in [0.2, 0.25) is 0 Å². The molecule has 1 amide bonds. The maximum atomic E-state index is 13.9. The van der Waals surface area contributed by atoms with Gasteiger partial charge in [-0.25, -0.2) is 18.4 Å². The van der Waals surface area contributed by atoms with E-state index in [0.29, 0.717) is 22.4 Å². The van der Waals surface area contributed by atoms with E-state index in [4.69, 9.17) is 0 Å². The number of benzene rings is 2. The molecule has 1 saturated heterocycles. The van der Waals surface area contributed by atoms with Gasteiger partial charge in [-0.15, -0.1) is 13.2 Å². The number of rotatable bonds is 9. The lowest BCUT2D eigenvalue weighted by atomic mass is 10.1. The fraction of sp³-hybridized carbons (Fsp3) is 0.310. The van der Waals surface area contributed by atoms with Crippen molar-refractivity contribution in [3.63, 3.8) is 0 Å². The molecule has 15 heteroatoms. The summed E-state index contributed by atoms with van der Waals surface area (Å²) in [5.41, 5.74) is 2.54. The molecule has 11 nitrogen and oxygen atoms in total. The van der Waals surface area contributed by atoms with Gasteiger partial charge in [-0.3, -0.25) is 9.78 Å². The highest BCUT2D eigenvalue weighted by Gasteiger charge is 2.40. The maximum Gasteiger partial charge on any atom is 0.573 e. The second-order valence-electron chi connectivity index (χ2n) is 10.1. The molecule has 4 aromatic rings. The zero-order chi connectivity index (χ0) is 31.5. The molecule has 0 saturated carbocycles. The fourth-order valence-electron chi connectivity index (χ4n) is 4.79. The van der Waals surface area contributed by atoms with Crippen molar-refractivity contribution in [2.24, 2.45) is 0 Å². The Morgan fingerprint density at radius 2 is 1.77 bits per heavy atom. The molecule has 1 aliphatic heterocycles. The van der Waals surface area contributed by atoms with Gasteiger partial charge in [0, 0.05) is 51.7 Å². The van der Waals surface area contributed by atoms with Crippen LogP contribution in [0.3, 0.4) is 0 Å². The first-order chi connectivity index (χ1) is 20.9. The van der Waals surface area contributed by atoms with E-state index in [-0.39, 0.29) is 31.1 Å². The van der Waals surface area contributed by atoms with Gasteiger partial charge in [-0.1, -0.05) is 12.1 Å². The van der Waals surface area contributed by atoms with Crippen molar-refractivity contribution in [3.8, 4) is 5.75 Å². The van der Waals surface area contributed by atoms with Crippen molar-refractivity contribution in [3.05, 3.63) is 78.8 Å². The monoisotopic (exact) mass is 629 g/mol. The van der Waals surface area contributed by atoms with Crippen molar-refractivity contribution in [1.29, 1.82) is 0 Å². The highest BCUT2D eigenvalue weighted by Crippen LogP contribution is 2.27. The predicted octanol–water partition coefficient (Wildman–Crippen LogP) is 3.58.